The number of hydrogen-bond donors (Lipinski definition) is 0. The molecule has 0 aliphatic carbocycles. The van der Waals surface area contributed by atoms with Gasteiger partial charge in [-0.2, -0.15) is 0 Å². The van der Waals surface area contributed by atoms with Crippen LogP contribution < -0.4 is 9.47 Å². The minimum atomic E-state index is 0.104. The highest BCUT2D eigenvalue weighted by molar-refractivity contribution is 5.35. The zero-order valence-corrected chi connectivity index (χ0v) is 16.6. The van der Waals surface area contributed by atoms with Gasteiger partial charge < -0.3 is 9.47 Å². The molecule has 3 aromatic rings. The predicted octanol–water partition coefficient (Wildman–Crippen LogP) is 6.78. The van der Waals surface area contributed by atoms with Gasteiger partial charge in [0.05, 0.1) is 0 Å². The van der Waals surface area contributed by atoms with Gasteiger partial charge in [0.15, 0.2) is 0 Å². The van der Waals surface area contributed by atoms with Crippen LogP contribution in [0.4, 0.5) is 0 Å². The fourth-order valence-corrected chi connectivity index (χ4v) is 3.20. The van der Waals surface area contributed by atoms with E-state index in [0.29, 0.717) is 6.61 Å². The Morgan fingerprint density at radius 3 is 2.38 bits per heavy atom. The predicted molar refractivity (Wildman–Crippen MR) is 120 cm³/mol. The monoisotopic (exact) mass is 382 g/mol. The summed E-state index contributed by atoms with van der Waals surface area (Å²) in [6.45, 7) is 4.17. The van der Waals surface area contributed by atoms with Crippen molar-refractivity contribution < 1.29 is 9.47 Å². The molecule has 1 atom stereocenters. The van der Waals surface area contributed by atoms with E-state index >= 15 is 0 Å². The van der Waals surface area contributed by atoms with Crippen molar-refractivity contribution in [3.63, 3.8) is 0 Å². The molecule has 3 aromatic carbocycles. The van der Waals surface area contributed by atoms with Gasteiger partial charge in [-0.1, -0.05) is 61.0 Å². The van der Waals surface area contributed by atoms with Gasteiger partial charge in [-0.15, -0.1) is 6.42 Å². The van der Waals surface area contributed by atoms with Crippen molar-refractivity contribution in [3.05, 3.63) is 103 Å². The summed E-state index contributed by atoms with van der Waals surface area (Å²) in [5.74, 6) is 5.57. The molecule has 146 valence electrons. The Balaban J connectivity index is 1.53. The molecular weight excluding hydrogens is 356 g/mol. The third-order valence-corrected chi connectivity index (χ3v) is 4.69. The molecule has 2 nitrogen and oxygen atoms in total. The zero-order chi connectivity index (χ0) is 20.3. The average molecular weight is 383 g/mol. The standard InChI is InChI=1S/C27H26O2/c1-3-20-28-25-18-16-24(17-19-25)23(4-2)12-8-10-22-11-9-15-27(21-22)29-26-13-6-5-7-14-26/h2-3,5-7,9,11,13-19,21,23H,1,8,10,12,20H2. The second-order valence-electron chi connectivity index (χ2n) is 6.84. The van der Waals surface area contributed by atoms with E-state index in [9.17, 15) is 0 Å². The van der Waals surface area contributed by atoms with E-state index in [-0.39, 0.29) is 5.92 Å². The topological polar surface area (TPSA) is 18.5 Å². The number of para-hydroxylation sites is 1. The summed E-state index contributed by atoms with van der Waals surface area (Å²) in [5.41, 5.74) is 2.40. The minimum absolute atomic E-state index is 0.104. The molecule has 0 aliphatic heterocycles. The summed E-state index contributed by atoms with van der Waals surface area (Å²) in [6.07, 6.45) is 10.4. The van der Waals surface area contributed by atoms with Crippen molar-refractivity contribution in [1.29, 1.82) is 0 Å². The summed E-state index contributed by atoms with van der Waals surface area (Å²) < 4.78 is 11.5. The lowest BCUT2D eigenvalue weighted by Gasteiger charge is -2.13. The maximum Gasteiger partial charge on any atom is 0.127 e. The van der Waals surface area contributed by atoms with Crippen molar-refractivity contribution in [2.75, 3.05) is 6.61 Å². The van der Waals surface area contributed by atoms with Gasteiger partial charge in [-0.05, 0) is 66.8 Å². The largest absolute Gasteiger partial charge is 0.490 e. The molecule has 1 unspecified atom stereocenters. The van der Waals surface area contributed by atoms with E-state index in [1.807, 2.05) is 54.6 Å². The Morgan fingerprint density at radius 2 is 1.66 bits per heavy atom. The van der Waals surface area contributed by atoms with Gasteiger partial charge in [-0.3, -0.25) is 0 Å². The molecular formula is C27H26O2. The summed E-state index contributed by atoms with van der Waals surface area (Å²) in [4.78, 5) is 0. The molecule has 0 bridgehead atoms. The molecule has 0 N–H and O–H groups in total. The van der Waals surface area contributed by atoms with Gasteiger partial charge in [0.1, 0.15) is 23.9 Å². The van der Waals surface area contributed by atoms with Crippen molar-refractivity contribution >= 4 is 0 Å². The van der Waals surface area contributed by atoms with E-state index in [4.69, 9.17) is 15.9 Å². The van der Waals surface area contributed by atoms with E-state index in [1.165, 1.54) is 5.56 Å². The van der Waals surface area contributed by atoms with Crippen LogP contribution in [0.3, 0.4) is 0 Å². The summed E-state index contributed by atoms with van der Waals surface area (Å²) in [6, 6.07) is 26.1. The second-order valence-corrected chi connectivity index (χ2v) is 6.84. The Kier molecular flexibility index (Phi) is 7.55. The van der Waals surface area contributed by atoms with Gasteiger partial charge in [0.25, 0.3) is 0 Å². The quantitative estimate of drug-likeness (QED) is 0.284. The molecule has 29 heavy (non-hydrogen) atoms. The first-order chi connectivity index (χ1) is 14.3. The molecule has 0 aromatic heterocycles. The average Bonchev–Trinajstić information content (AvgIpc) is 2.77. The van der Waals surface area contributed by atoms with Crippen molar-refractivity contribution in [2.24, 2.45) is 0 Å². The summed E-state index contributed by atoms with van der Waals surface area (Å²) >= 11 is 0. The Labute approximate surface area is 173 Å². The number of rotatable bonds is 10. The van der Waals surface area contributed by atoms with Gasteiger partial charge in [-0.25, -0.2) is 0 Å². The molecule has 3 rings (SSSR count). The lowest BCUT2D eigenvalue weighted by atomic mass is 9.93. The summed E-state index contributed by atoms with van der Waals surface area (Å²) in [5, 5.41) is 0. The van der Waals surface area contributed by atoms with Crippen LogP contribution in [0.15, 0.2) is 91.5 Å². The molecule has 0 saturated heterocycles. The highest BCUT2D eigenvalue weighted by Crippen LogP contribution is 2.26. The first-order valence-electron chi connectivity index (χ1n) is 9.90. The van der Waals surface area contributed by atoms with Gasteiger partial charge in [0.2, 0.25) is 0 Å². The number of benzene rings is 3. The maximum atomic E-state index is 5.93. The molecule has 0 fully saturated rings. The van der Waals surface area contributed by atoms with Crippen LogP contribution in [0.1, 0.15) is 29.9 Å². The van der Waals surface area contributed by atoms with Crippen LogP contribution >= 0.6 is 0 Å². The molecule has 0 heterocycles. The van der Waals surface area contributed by atoms with Crippen LogP contribution in [0.5, 0.6) is 17.2 Å². The van der Waals surface area contributed by atoms with Crippen LogP contribution in [0, 0.1) is 12.3 Å². The smallest absolute Gasteiger partial charge is 0.127 e. The molecule has 0 amide bonds. The first kappa shape index (κ1) is 20.3. The third-order valence-electron chi connectivity index (χ3n) is 4.69. The second kappa shape index (κ2) is 10.8. The zero-order valence-electron chi connectivity index (χ0n) is 16.6. The SMILES string of the molecule is C#CC(CCCc1cccc(Oc2ccccc2)c1)c1ccc(OCC=C)cc1. The fraction of sp³-hybridized carbons (Fsp3) is 0.185. The molecule has 0 spiro atoms. The number of aryl methyl sites for hydroxylation is 1. The number of terminal acetylenes is 1. The normalized spacial score (nSPS) is 11.3. The lowest BCUT2D eigenvalue weighted by molar-refractivity contribution is 0.363. The van der Waals surface area contributed by atoms with Crippen LogP contribution in [-0.4, -0.2) is 6.61 Å². The first-order valence-corrected chi connectivity index (χ1v) is 9.90. The van der Waals surface area contributed by atoms with E-state index in [1.54, 1.807) is 6.08 Å². The molecule has 0 saturated carbocycles. The van der Waals surface area contributed by atoms with Crippen LogP contribution in [-0.2, 0) is 6.42 Å². The highest BCUT2D eigenvalue weighted by atomic mass is 16.5. The van der Waals surface area contributed by atoms with E-state index < -0.39 is 0 Å². The number of ether oxygens (including phenoxy) is 2. The Morgan fingerprint density at radius 1 is 0.897 bits per heavy atom. The van der Waals surface area contributed by atoms with Crippen molar-refractivity contribution in [3.8, 4) is 29.6 Å². The van der Waals surface area contributed by atoms with Gasteiger partial charge >= 0.3 is 0 Å². The fourth-order valence-electron chi connectivity index (χ4n) is 3.20. The van der Waals surface area contributed by atoms with Crippen molar-refractivity contribution in [1.82, 2.24) is 0 Å². The molecule has 0 aliphatic rings. The lowest BCUT2D eigenvalue weighted by Crippen LogP contribution is -1.98. The van der Waals surface area contributed by atoms with Crippen molar-refractivity contribution in [2.45, 2.75) is 25.2 Å². The molecule has 0 radical (unpaired) electrons. The van der Waals surface area contributed by atoms with E-state index in [0.717, 1.165) is 42.1 Å². The third kappa shape index (κ3) is 6.30. The van der Waals surface area contributed by atoms with Gasteiger partial charge in [0, 0.05) is 5.92 Å². The highest BCUT2D eigenvalue weighted by Gasteiger charge is 2.09. The van der Waals surface area contributed by atoms with Crippen LogP contribution in [0.25, 0.3) is 0 Å². The Hall–Kier alpha value is -3.44. The van der Waals surface area contributed by atoms with Crippen LogP contribution in [0.2, 0.25) is 0 Å². The Bertz CT molecular complexity index is 936. The maximum absolute atomic E-state index is 5.93. The number of hydrogen-bond acceptors (Lipinski definition) is 2. The minimum Gasteiger partial charge on any atom is -0.490 e. The summed E-state index contributed by atoms with van der Waals surface area (Å²) in [7, 11) is 0. The molecule has 2 heteroatoms. The van der Waals surface area contributed by atoms with E-state index in [2.05, 4.69) is 36.8 Å².